The van der Waals surface area contributed by atoms with Crippen molar-refractivity contribution in [3.63, 3.8) is 0 Å². The lowest BCUT2D eigenvalue weighted by Crippen LogP contribution is -2.41. The van der Waals surface area contributed by atoms with Gasteiger partial charge in [0.2, 0.25) is 5.91 Å². The third kappa shape index (κ3) is 8.25. The third-order valence-corrected chi connectivity index (χ3v) is 5.17. The van der Waals surface area contributed by atoms with E-state index in [1.165, 1.54) is 5.56 Å². The molecule has 0 fully saturated rings. The molecule has 0 saturated heterocycles. The predicted molar refractivity (Wildman–Crippen MR) is 121 cm³/mol. The summed E-state index contributed by atoms with van der Waals surface area (Å²) in [5.41, 5.74) is 0.996. The molecule has 0 saturated carbocycles. The van der Waals surface area contributed by atoms with Crippen molar-refractivity contribution in [3.05, 3.63) is 23.8 Å². The van der Waals surface area contributed by atoms with E-state index in [0.717, 1.165) is 50.5 Å². The van der Waals surface area contributed by atoms with Crippen LogP contribution in [-0.4, -0.2) is 56.6 Å². The fraction of sp³-hybridized carbons (Fsp3) is 0.708. The highest BCUT2D eigenvalue weighted by Gasteiger charge is 2.34. The van der Waals surface area contributed by atoms with Crippen LogP contribution in [0.2, 0.25) is 0 Å². The maximum atomic E-state index is 12.9. The Morgan fingerprint density at radius 3 is 2.14 bits per heavy atom. The van der Waals surface area contributed by atoms with Crippen molar-refractivity contribution in [1.82, 2.24) is 9.80 Å². The highest BCUT2D eigenvalue weighted by molar-refractivity contribution is 5.81. The van der Waals surface area contributed by atoms with Crippen LogP contribution in [0.1, 0.15) is 59.9 Å². The molecule has 0 radical (unpaired) electrons. The van der Waals surface area contributed by atoms with Gasteiger partial charge >= 0.3 is 0 Å². The largest absolute Gasteiger partial charge is 0.493 e. The molecule has 29 heavy (non-hydrogen) atoms. The van der Waals surface area contributed by atoms with Gasteiger partial charge in [-0.2, -0.15) is 0 Å². The smallest absolute Gasteiger partial charge is 0.227 e. The number of carbonyl (C=O) groups is 1. The number of hydrogen-bond acceptors (Lipinski definition) is 4. The minimum absolute atomic E-state index is 0.137. The first-order chi connectivity index (χ1) is 13.4. The summed E-state index contributed by atoms with van der Waals surface area (Å²) in [6.07, 6.45) is 1.83. The Kier molecular flexibility index (Phi) is 9.47. The van der Waals surface area contributed by atoms with Crippen molar-refractivity contribution in [2.45, 2.75) is 60.9 Å². The van der Waals surface area contributed by atoms with Gasteiger partial charge < -0.3 is 14.4 Å². The van der Waals surface area contributed by atoms with Crippen molar-refractivity contribution in [1.29, 1.82) is 0 Å². The topological polar surface area (TPSA) is 42.0 Å². The van der Waals surface area contributed by atoms with Crippen molar-refractivity contribution in [2.24, 2.45) is 10.8 Å². The molecule has 0 heterocycles. The Balaban J connectivity index is 2.59. The number of methoxy groups -OCH3 is 2. The quantitative estimate of drug-likeness (QED) is 0.527. The van der Waals surface area contributed by atoms with Gasteiger partial charge in [-0.15, -0.1) is 0 Å². The highest BCUT2D eigenvalue weighted by atomic mass is 16.5. The molecule has 1 aromatic rings. The van der Waals surface area contributed by atoms with Gasteiger partial charge in [0.1, 0.15) is 0 Å². The Morgan fingerprint density at radius 1 is 1.00 bits per heavy atom. The van der Waals surface area contributed by atoms with E-state index in [0.29, 0.717) is 0 Å². The monoisotopic (exact) mass is 406 g/mol. The summed E-state index contributed by atoms with van der Waals surface area (Å²) >= 11 is 0. The number of carbonyl (C=O) groups excluding carboxylic acids is 1. The van der Waals surface area contributed by atoms with Crippen LogP contribution in [0.25, 0.3) is 0 Å². The summed E-state index contributed by atoms with van der Waals surface area (Å²) in [6.45, 7) is 16.4. The van der Waals surface area contributed by atoms with Crippen LogP contribution >= 0.6 is 0 Å². The molecule has 1 rings (SSSR count). The minimum Gasteiger partial charge on any atom is -0.493 e. The molecule has 1 aromatic carbocycles. The van der Waals surface area contributed by atoms with E-state index < -0.39 is 0 Å². The first-order valence-electron chi connectivity index (χ1n) is 10.6. The molecular weight excluding hydrogens is 364 g/mol. The van der Waals surface area contributed by atoms with Crippen molar-refractivity contribution in [3.8, 4) is 11.5 Å². The van der Waals surface area contributed by atoms with E-state index in [2.05, 4.69) is 52.5 Å². The molecular formula is C24H42N2O3. The zero-order valence-corrected chi connectivity index (χ0v) is 20.1. The van der Waals surface area contributed by atoms with E-state index in [9.17, 15) is 4.79 Å². The van der Waals surface area contributed by atoms with Gasteiger partial charge in [-0.3, -0.25) is 9.69 Å². The minimum atomic E-state index is -0.336. The summed E-state index contributed by atoms with van der Waals surface area (Å²) in [5, 5.41) is 0. The lowest BCUT2D eigenvalue weighted by molar-refractivity contribution is -0.140. The summed E-state index contributed by atoms with van der Waals surface area (Å²) < 4.78 is 10.7. The molecule has 1 amide bonds. The molecule has 0 aliphatic heterocycles. The summed E-state index contributed by atoms with van der Waals surface area (Å²) in [5.74, 6) is 1.74. The van der Waals surface area contributed by atoms with Crippen LogP contribution in [0.5, 0.6) is 11.5 Å². The molecule has 0 aromatic heterocycles. The van der Waals surface area contributed by atoms with E-state index in [-0.39, 0.29) is 16.7 Å². The Bertz CT molecular complexity index is 650. The van der Waals surface area contributed by atoms with Crippen LogP contribution in [0.4, 0.5) is 0 Å². The summed E-state index contributed by atoms with van der Waals surface area (Å²) in [7, 11) is 5.24. The molecule has 5 heteroatoms. The van der Waals surface area contributed by atoms with Crippen molar-refractivity contribution in [2.75, 3.05) is 40.9 Å². The number of nitrogens with zero attached hydrogens (tertiary/aromatic N) is 2. The van der Waals surface area contributed by atoms with E-state index in [1.807, 2.05) is 24.1 Å². The number of benzene rings is 1. The first-order valence-corrected chi connectivity index (χ1v) is 10.6. The maximum absolute atomic E-state index is 12.9. The van der Waals surface area contributed by atoms with E-state index in [1.54, 1.807) is 14.2 Å². The lowest BCUT2D eigenvalue weighted by Gasteiger charge is -2.34. The van der Waals surface area contributed by atoms with E-state index in [4.69, 9.17) is 9.47 Å². The number of rotatable bonds is 11. The van der Waals surface area contributed by atoms with Crippen molar-refractivity contribution < 1.29 is 14.3 Å². The SMILES string of the molecule is CCN(CCCN(C)C(=O)C(C)(C)CC(C)(C)C)Cc1ccc(OC)c(OC)c1. The Hall–Kier alpha value is -1.75. The highest BCUT2D eigenvalue weighted by Crippen LogP contribution is 2.34. The van der Waals surface area contributed by atoms with Crippen molar-refractivity contribution >= 4 is 5.91 Å². The molecule has 0 N–H and O–H groups in total. The molecule has 0 aliphatic rings. The molecule has 166 valence electrons. The average molecular weight is 407 g/mol. The van der Waals surface area contributed by atoms with Gasteiger partial charge in [-0.25, -0.2) is 0 Å². The van der Waals surface area contributed by atoms with Crippen LogP contribution in [-0.2, 0) is 11.3 Å². The van der Waals surface area contributed by atoms with Gasteiger partial charge in [-0.1, -0.05) is 47.6 Å². The van der Waals surface area contributed by atoms with Crippen LogP contribution in [0, 0.1) is 10.8 Å². The summed E-state index contributed by atoms with van der Waals surface area (Å²) in [6, 6.07) is 6.06. The van der Waals surface area contributed by atoms with Crippen LogP contribution in [0.15, 0.2) is 18.2 Å². The van der Waals surface area contributed by atoms with Gasteiger partial charge in [-0.05, 0) is 42.5 Å². The average Bonchev–Trinajstić information content (AvgIpc) is 2.64. The molecule has 0 spiro atoms. The molecule has 0 unspecified atom stereocenters. The van der Waals surface area contributed by atoms with Crippen LogP contribution < -0.4 is 9.47 Å². The van der Waals surface area contributed by atoms with Gasteiger partial charge in [0.25, 0.3) is 0 Å². The zero-order chi connectivity index (χ0) is 22.2. The summed E-state index contributed by atoms with van der Waals surface area (Å²) in [4.78, 5) is 17.2. The first kappa shape index (κ1) is 25.3. The normalized spacial score (nSPS) is 12.2. The van der Waals surface area contributed by atoms with Crippen LogP contribution in [0.3, 0.4) is 0 Å². The molecule has 0 atom stereocenters. The number of hydrogen-bond donors (Lipinski definition) is 0. The number of amides is 1. The molecule has 0 bridgehead atoms. The third-order valence-electron chi connectivity index (χ3n) is 5.17. The fourth-order valence-electron chi connectivity index (χ4n) is 4.14. The Labute approximate surface area is 178 Å². The second-order valence-corrected chi connectivity index (χ2v) is 9.76. The van der Waals surface area contributed by atoms with Gasteiger partial charge in [0.15, 0.2) is 11.5 Å². The predicted octanol–water partition coefficient (Wildman–Crippen LogP) is 4.84. The zero-order valence-electron chi connectivity index (χ0n) is 20.1. The molecule has 0 aliphatic carbocycles. The van der Waals surface area contributed by atoms with Gasteiger partial charge in [0.05, 0.1) is 14.2 Å². The maximum Gasteiger partial charge on any atom is 0.227 e. The second kappa shape index (κ2) is 10.9. The number of ether oxygens (including phenoxy) is 2. The van der Waals surface area contributed by atoms with E-state index >= 15 is 0 Å². The second-order valence-electron chi connectivity index (χ2n) is 9.76. The fourth-order valence-corrected chi connectivity index (χ4v) is 4.14. The lowest BCUT2D eigenvalue weighted by atomic mass is 9.75. The Morgan fingerprint density at radius 2 is 1.62 bits per heavy atom. The molecule has 5 nitrogen and oxygen atoms in total. The standard InChI is InChI=1S/C24H42N2O3/c1-10-26(17-19-12-13-20(28-8)21(16-19)29-9)15-11-14-25(7)22(27)24(5,6)18-23(2,3)4/h12-13,16H,10-11,14-15,17-18H2,1-9H3. The van der Waals surface area contributed by atoms with Gasteiger partial charge in [0, 0.05) is 32.1 Å².